The molecule has 0 rings (SSSR count). The minimum Gasteiger partial charge on any atom is -0.462 e. The molecule has 0 saturated heterocycles. The summed E-state index contributed by atoms with van der Waals surface area (Å²) in [5, 5.41) is 5.30. The van der Waals surface area contributed by atoms with Crippen LogP contribution in [0, 0.1) is 0 Å². The van der Waals surface area contributed by atoms with Gasteiger partial charge in [-0.25, -0.2) is 0 Å². The Hall–Kier alpha value is -2.91. The van der Waals surface area contributed by atoms with Crippen molar-refractivity contribution in [2.24, 2.45) is 0 Å². The Morgan fingerprint density at radius 3 is 1.73 bits per heavy atom. The molecular weight excluding hydrogens is 564 g/mol. The largest absolute Gasteiger partial charge is 0.462 e. The highest BCUT2D eigenvalue weighted by atomic mass is 16.6. The van der Waals surface area contributed by atoms with Gasteiger partial charge in [-0.1, -0.05) is 76.9 Å². The van der Waals surface area contributed by atoms with Gasteiger partial charge in [-0.15, -0.1) is 0 Å². The Kier molecular flexibility index (Phi) is 28.1. The van der Waals surface area contributed by atoms with Crippen LogP contribution in [0.25, 0.3) is 0 Å². The van der Waals surface area contributed by atoms with E-state index in [4.69, 9.17) is 14.2 Å². The minimum atomic E-state index is -0.905. The van der Waals surface area contributed by atoms with Gasteiger partial charge in [0, 0.05) is 39.8 Å². The lowest BCUT2D eigenvalue weighted by molar-refractivity contribution is -0.165. The molecule has 0 aliphatic rings. The number of hydrogen-bond donors (Lipinski definition) is 2. The summed E-state index contributed by atoms with van der Waals surface area (Å²) in [5.74, 6) is -1.84. The molecule has 0 radical (unpaired) electrons. The Morgan fingerprint density at radius 2 is 1.14 bits per heavy atom. The molecule has 2 N–H and O–H groups in total. The molecule has 0 aromatic rings. The van der Waals surface area contributed by atoms with E-state index in [-0.39, 0.29) is 50.3 Å². The molecule has 1 unspecified atom stereocenters. The lowest BCUT2D eigenvalue weighted by Crippen LogP contribution is -2.30. The molecule has 0 spiro atoms. The Bertz CT molecular complexity index is 815. The van der Waals surface area contributed by atoms with E-state index in [0.717, 1.165) is 57.8 Å². The number of allylic oxidation sites excluding steroid dienone is 2. The molecule has 0 saturated carbocycles. The molecule has 0 bridgehead atoms. The zero-order chi connectivity index (χ0) is 32.7. The van der Waals surface area contributed by atoms with Crippen molar-refractivity contribution in [1.29, 1.82) is 0 Å². The summed E-state index contributed by atoms with van der Waals surface area (Å²) in [6.45, 7) is 3.48. The van der Waals surface area contributed by atoms with Crippen molar-refractivity contribution in [2.45, 2.75) is 148 Å². The number of carbonyl (C=O) groups excluding carboxylic acids is 5. The quantitative estimate of drug-likeness (QED) is 0.0432. The summed E-state index contributed by atoms with van der Waals surface area (Å²) in [6.07, 6.45) is 21.9. The van der Waals surface area contributed by atoms with Crippen LogP contribution in [0.15, 0.2) is 12.2 Å². The van der Waals surface area contributed by atoms with Crippen LogP contribution in [-0.4, -0.2) is 62.6 Å². The Labute approximate surface area is 265 Å². The first-order chi connectivity index (χ1) is 21.3. The van der Waals surface area contributed by atoms with Crippen molar-refractivity contribution in [2.75, 3.05) is 26.8 Å². The highest BCUT2D eigenvalue weighted by Gasteiger charge is 2.18. The first-order valence-electron chi connectivity index (χ1n) is 16.9. The monoisotopic (exact) mass is 624 g/mol. The highest BCUT2D eigenvalue weighted by Crippen LogP contribution is 2.11. The molecule has 254 valence electrons. The van der Waals surface area contributed by atoms with Crippen LogP contribution < -0.4 is 10.6 Å². The summed E-state index contributed by atoms with van der Waals surface area (Å²) in [6, 6.07) is 0. The number of ether oxygens (including phenoxy) is 3. The average molecular weight is 625 g/mol. The topological polar surface area (TPSA) is 137 Å². The first-order valence-corrected chi connectivity index (χ1v) is 16.9. The number of unbranched alkanes of at least 4 members (excludes halogenated alkanes) is 13. The normalized spacial score (nSPS) is 11.6. The minimum absolute atomic E-state index is 0.00427. The van der Waals surface area contributed by atoms with E-state index in [1.165, 1.54) is 51.9 Å². The molecule has 0 aliphatic carbocycles. The fraction of sp³-hybridized carbons (Fsp3) is 0.794. The summed E-state index contributed by atoms with van der Waals surface area (Å²) in [7, 11) is 1.60. The van der Waals surface area contributed by atoms with Crippen LogP contribution >= 0.6 is 0 Å². The predicted molar refractivity (Wildman–Crippen MR) is 172 cm³/mol. The van der Waals surface area contributed by atoms with Crippen molar-refractivity contribution >= 4 is 29.7 Å². The molecule has 0 heterocycles. The van der Waals surface area contributed by atoms with Crippen LogP contribution in [0.1, 0.15) is 142 Å². The fourth-order valence-corrected chi connectivity index (χ4v) is 4.45. The maximum atomic E-state index is 12.1. The van der Waals surface area contributed by atoms with Crippen LogP contribution in [0.4, 0.5) is 0 Å². The third-order valence-electron chi connectivity index (χ3n) is 7.07. The molecule has 44 heavy (non-hydrogen) atoms. The van der Waals surface area contributed by atoms with Crippen LogP contribution in [0.3, 0.4) is 0 Å². The van der Waals surface area contributed by atoms with Gasteiger partial charge in [0.05, 0.1) is 6.42 Å². The molecule has 10 nitrogen and oxygen atoms in total. The van der Waals surface area contributed by atoms with E-state index in [2.05, 4.69) is 29.7 Å². The van der Waals surface area contributed by atoms with Crippen molar-refractivity contribution in [3.8, 4) is 0 Å². The SMILES string of the molecule is CCCCCCCCC=CCCCCCCCC(=O)OCC(COC(=O)CCC(=O)NCCCCCC(=O)NC)OC(C)=O. The zero-order valence-corrected chi connectivity index (χ0v) is 27.8. The average Bonchev–Trinajstić information content (AvgIpc) is 3.00. The molecule has 0 aromatic carbocycles. The Balaban J connectivity index is 3.91. The third-order valence-corrected chi connectivity index (χ3v) is 7.07. The fourth-order valence-electron chi connectivity index (χ4n) is 4.45. The smallest absolute Gasteiger partial charge is 0.306 e. The number of rotatable bonds is 29. The predicted octanol–water partition coefficient (Wildman–Crippen LogP) is 6.24. The van der Waals surface area contributed by atoms with Crippen molar-refractivity contribution < 1.29 is 38.2 Å². The lowest BCUT2D eigenvalue weighted by Gasteiger charge is -2.17. The van der Waals surface area contributed by atoms with Gasteiger partial charge in [-0.05, 0) is 44.9 Å². The molecule has 1 atom stereocenters. The third kappa shape index (κ3) is 29.2. The van der Waals surface area contributed by atoms with Gasteiger partial charge in [0.25, 0.3) is 0 Å². The summed E-state index contributed by atoms with van der Waals surface area (Å²) < 4.78 is 15.5. The number of esters is 3. The number of amides is 2. The van der Waals surface area contributed by atoms with Crippen molar-refractivity contribution in [3.63, 3.8) is 0 Å². The van der Waals surface area contributed by atoms with Crippen LogP contribution in [0.5, 0.6) is 0 Å². The maximum Gasteiger partial charge on any atom is 0.306 e. The second-order valence-corrected chi connectivity index (χ2v) is 11.3. The van der Waals surface area contributed by atoms with Gasteiger partial charge in [-0.2, -0.15) is 0 Å². The van der Waals surface area contributed by atoms with Crippen LogP contribution in [-0.2, 0) is 38.2 Å². The summed E-state index contributed by atoms with van der Waals surface area (Å²) >= 11 is 0. The maximum absolute atomic E-state index is 12.1. The van der Waals surface area contributed by atoms with Gasteiger partial charge in [0.2, 0.25) is 11.8 Å². The highest BCUT2D eigenvalue weighted by molar-refractivity contribution is 5.81. The van der Waals surface area contributed by atoms with Crippen LogP contribution in [0.2, 0.25) is 0 Å². The molecule has 0 aromatic heterocycles. The van der Waals surface area contributed by atoms with Crippen molar-refractivity contribution in [1.82, 2.24) is 10.6 Å². The van der Waals surface area contributed by atoms with Gasteiger partial charge < -0.3 is 24.8 Å². The second kappa shape index (κ2) is 30.1. The van der Waals surface area contributed by atoms with E-state index in [1.54, 1.807) is 7.05 Å². The molecule has 0 aliphatic heterocycles. The second-order valence-electron chi connectivity index (χ2n) is 11.3. The molecule has 2 amide bonds. The van der Waals surface area contributed by atoms with Gasteiger partial charge in [0.1, 0.15) is 13.2 Å². The van der Waals surface area contributed by atoms with E-state index >= 15 is 0 Å². The van der Waals surface area contributed by atoms with Gasteiger partial charge in [-0.3, -0.25) is 24.0 Å². The van der Waals surface area contributed by atoms with Gasteiger partial charge in [0.15, 0.2) is 6.10 Å². The number of nitrogens with one attached hydrogen (secondary N) is 2. The van der Waals surface area contributed by atoms with E-state index < -0.39 is 18.0 Å². The standard InChI is InChI=1S/C34H60N2O8/c1-4-5-6-7-8-9-10-11-12-13-14-15-16-17-20-23-33(40)42-27-30(44-29(2)37)28-43-34(41)25-24-32(39)36-26-21-18-19-22-31(38)35-3/h11-12,30H,4-10,13-28H2,1-3H3,(H,35,38)(H,36,39). The van der Waals surface area contributed by atoms with E-state index in [9.17, 15) is 24.0 Å². The van der Waals surface area contributed by atoms with Gasteiger partial charge >= 0.3 is 17.9 Å². The molecule has 0 fully saturated rings. The zero-order valence-electron chi connectivity index (χ0n) is 27.8. The molecule has 10 heteroatoms. The summed E-state index contributed by atoms with van der Waals surface area (Å²) in [5.41, 5.74) is 0. The molecular formula is C34H60N2O8. The summed E-state index contributed by atoms with van der Waals surface area (Å²) in [4.78, 5) is 58.7. The number of carbonyl (C=O) groups is 5. The van der Waals surface area contributed by atoms with E-state index in [1.807, 2.05) is 0 Å². The lowest BCUT2D eigenvalue weighted by atomic mass is 10.1. The first kappa shape index (κ1) is 41.1. The number of hydrogen-bond acceptors (Lipinski definition) is 8. The van der Waals surface area contributed by atoms with Crippen molar-refractivity contribution in [3.05, 3.63) is 12.2 Å². The van der Waals surface area contributed by atoms with E-state index in [0.29, 0.717) is 13.0 Å². The Morgan fingerprint density at radius 1 is 0.614 bits per heavy atom.